The topological polar surface area (TPSA) is 44.1 Å². The molecule has 0 amide bonds. The van der Waals surface area contributed by atoms with Crippen molar-refractivity contribution in [2.24, 2.45) is 0 Å². The Bertz CT molecular complexity index is 1390. The van der Waals surface area contributed by atoms with E-state index in [1.54, 1.807) is 10.9 Å². The Balaban J connectivity index is 1.31. The highest BCUT2D eigenvalue weighted by atomic mass is 32.1. The first kappa shape index (κ1) is 21.2. The number of nitrogens with zero attached hydrogens (tertiary/aromatic N) is 2. The third kappa shape index (κ3) is 4.73. The van der Waals surface area contributed by atoms with E-state index in [0.717, 1.165) is 40.1 Å². The monoisotopic (exact) mass is 452 g/mol. The van der Waals surface area contributed by atoms with Crippen LogP contribution in [0.15, 0.2) is 101 Å². The molecule has 0 saturated carbocycles. The summed E-state index contributed by atoms with van der Waals surface area (Å²) in [6.07, 6.45) is 3.39. The second-order valence-electron chi connectivity index (χ2n) is 7.88. The van der Waals surface area contributed by atoms with Gasteiger partial charge in [0, 0.05) is 17.5 Å². The first-order valence-corrected chi connectivity index (χ1v) is 12.0. The van der Waals surface area contributed by atoms with E-state index in [4.69, 9.17) is 4.74 Å². The fraction of sp³-hybridized carbons (Fsp3) is 0.143. The van der Waals surface area contributed by atoms with Gasteiger partial charge in [0.25, 0.3) is 5.56 Å². The van der Waals surface area contributed by atoms with E-state index in [1.807, 2.05) is 53.9 Å². The van der Waals surface area contributed by atoms with E-state index >= 15 is 0 Å². The maximum absolute atomic E-state index is 13.3. The molecule has 33 heavy (non-hydrogen) atoms. The first-order chi connectivity index (χ1) is 16.3. The summed E-state index contributed by atoms with van der Waals surface area (Å²) >= 11 is 1.52. The van der Waals surface area contributed by atoms with E-state index in [0.29, 0.717) is 18.5 Å². The van der Waals surface area contributed by atoms with E-state index in [9.17, 15) is 4.79 Å². The molecule has 0 N–H and O–H groups in total. The summed E-state index contributed by atoms with van der Waals surface area (Å²) in [5.41, 5.74) is 4.35. The molecular formula is C28H24N2O2S. The van der Waals surface area contributed by atoms with Gasteiger partial charge in [-0.3, -0.25) is 9.36 Å². The maximum atomic E-state index is 13.3. The minimum Gasteiger partial charge on any atom is -0.494 e. The molecule has 0 spiro atoms. The highest BCUT2D eigenvalue weighted by molar-refractivity contribution is 7.17. The molecule has 0 atom stereocenters. The number of rotatable bonds is 8. The molecule has 5 heteroatoms. The predicted molar refractivity (Wildman–Crippen MR) is 136 cm³/mol. The van der Waals surface area contributed by atoms with Gasteiger partial charge in [0.05, 0.1) is 18.3 Å². The summed E-state index contributed by atoms with van der Waals surface area (Å²) in [4.78, 5) is 18.6. The summed E-state index contributed by atoms with van der Waals surface area (Å²) in [7, 11) is 0. The van der Waals surface area contributed by atoms with E-state index in [-0.39, 0.29) is 5.56 Å². The number of thiophene rings is 1. The van der Waals surface area contributed by atoms with Gasteiger partial charge >= 0.3 is 0 Å². The highest BCUT2D eigenvalue weighted by Gasteiger charge is 2.13. The molecule has 5 rings (SSSR count). The normalized spacial score (nSPS) is 11.0. The van der Waals surface area contributed by atoms with Gasteiger partial charge in [-0.15, -0.1) is 11.3 Å². The van der Waals surface area contributed by atoms with Gasteiger partial charge in [-0.2, -0.15) is 0 Å². The van der Waals surface area contributed by atoms with Gasteiger partial charge in [0.2, 0.25) is 0 Å². The van der Waals surface area contributed by atoms with Crippen LogP contribution in [-0.4, -0.2) is 16.2 Å². The van der Waals surface area contributed by atoms with Crippen LogP contribution in [0.1, 0.15) is 12.8 Å². The Hall–Kier alpha value is -3.70. The van der Waals surface area contributed by atoms with Crippen molar-refractivity contribution in [3.63, 3.8) is 0 Å². The van der Waals surface area contributed by atoms with Gasteiger partial charge in [0.1, 0.15) is 10.6 Å². The van der Waals surface area contributed by atoms with Crippen LogP contribution in [-0.2, 0) is 6.54 Å². The van der Waals surface area contributed by atoms with Crippen molar-refractivity contribution in [3.05, 3.63) is 107 Å². The number of fused-ring (bicyclic) bond motifs is 1. The Morgan fingerprint density at radius 3 is 2.21 bits per heavy atom. The lowest BCUT2D eigenvalue weighted by molar-refractivity contribution is 0.303. The summed E-state index contributed by atoms with van der Waals surface area (Å²) in [5.74, 6) is 0.874. The molecule has 164 valence electrons. The average Bonchev–Trinajstić information content (AvgIpc) is 3.31. The lowest BCUT2D eigenvalue weighted by Crippen LogP contribution is -2.20. The summed E-state index contributed by atoms with van der Waals surface area (Å²) < 4.78 is 7.47. The third-order valence-electron chi connectivity index (χ3n) is 5.67. The number of hydrogen-bond donors (Lipinski definition) is 0. The van der Waals surface area contributed by atoms with Gasteiger partial charge in [0.15, 0.2) is 0 Å². The van der Waals surface area contributed by atoms with Crippen molar-refractivity contribution in [2.75, 3.05) is 6.61 Å². The van der Waals surface area contributed by atoms with Gasteiger partial charge in [-0.25, -0.2) is 4.98 Å². The Labute approximate surface area is 196 Å². The lowest BCUT2D eigenvalue weighted by Gasteiger charge is -2.08. The van der Waals surface area contributed by atoms with Gasteiger partial charge in [-0.1, -0.05) is 72.8 Å². The molecule has 0 fully saturated rings. The van der Waals surface area contributed by atoms with Crippen LogP contribution in [0.2, 0.25) is 0 Å². The lowest BCUT2D eigenvalue weighted by atomic mass is 10.0. The van der Waals surface area contributed by atoms with Crippen molar-refractivity contribution < 1.29 is 4.74 Å². The van der Waals surface area contributed by atoms with Crippen molar-refractivity contribution in [1.82, 2.24) is 9.55 Å². The fourth-order valence-corrected chi connectivity index (χ4v) is 4.81. The standard InChI is InChI=1S/C28H24N2O2S/c31-28-26-25(23-15-13-22(14-16-23)21-9-3-1-4-10-21)19-33-27(26)29-20-30(28)17-7-8-18-32-24-11-5-2-6-12-24/h1-6,9-16,19-20H,7-8,17-18H2. The SMILES string of the molecule is O=c1c2c(-c3ccc(-c4ccccc4)cc3)csc2ncn1CCCCOc1ccccc1. The van der Waals surface area contributed by atoms with E-state index in [1.165, 1.54) is 16.9 Å². The second kappa shape index (κ2) is 9.84. The average molecular weight is 453 g/mol. The summed E-state index contributed by atoms with van der Waals surface area (Å²) in [5, 5.41) is 2.74. The Morgan fingerprint density at radius 2 is 1.45 bits per heavy atom. The van der Waals surface area contributed by atoms with Crippen LogP contribution in [0, 0.1) is 0 Å². The van der Waals surface area contributed by atoms with Crippen LogP contribution in [0.4, 0.5) is 0 Å². The number of benzene rings is 3. The zero-order valence-corrected chi connectivity index (χ0v) is 19.0. The van der Waals surface area contributed by atoms with E-state index in [2.05, 4.69) is 41.4 Å². The quantitative estimate of drug-likeness (QED) is 0.248. The number of para-hydroxylation sites is 1. The molecule has 4 nitrogen and oxygen atoms in total. The molecule has 0 saturated heterocycles. The summed E-state index contributed by atoms with van der Waals surface area (Å²) in [6.45, 7) is 1.26. The van der Waals surface area contributed by atoms with Crippen molar-refractivity contribution in [2.45, 2.75) is 19.4 Å². The molecule has 0 aliphatic carbocycles. The zero-order valence-electron chi connectivity index (χ0n) is 18.2. The Morgan fingerprint density at radius 1 is 0.788 bits per heavy atom. The molecule has 2 heterocycles. The second-order valence-corrected chi connectivity index (χ2v) is 8.74. The van der Waals surface area contributed by atoms with Gasteiger partial charge < -0.3 is 4.74 Å². The van der Waals surface area contributed by atoms with Crippen molar-refractivity contribution in [3.8, 4) is 28.0 Å². The van der Waals surface area contributed by atoms with Crippen LogP contribution < -0.4 is 10.3 Å². The molecule has 3 aromatic carbocycles. The zero-order chi connectivity index (χ0) is 22.5. The molecule has 2 aromatic heterocycles. The minimum absolute atomic E-state index is 0.0207. The number of unbranched alkanes of at least 4 members (excludes halogenated alkanes) is 1. The number of ether oxygens (including phenoxy) is 1. The molecule has 0 unspecified atom stereocenters. The maximum Gasteiger partial charge on any atom is 0.262 e. The number of aryl methyl sites for hydroxylation is 1. The molecule has 0 bridgehead atoms. The highest BCUT2D eigenvalue weighted by Crippen LogP contribution is 2.32. The molecule has 0 radical (unpaired) electrons. The predicted octanol–water partition coefficient (Wildman–Crippen LogP) is 6.65. The first-order valence-electron chi connectivity index (χ1n) is 11.1. The largest absolute Gasteiger partial charge is 0.494 e. The Kier molecular flexibility index (Phi) is 6.31. The molecule has 0 aliphatic rings. The molecule has 0 aliphatic heterocycles. The van der Waals surface area contributed by atoms with Gasteiger partial charge in [-0.05, 0) is 41.7 Å². The third-order valence-corrected chi connectivity index (χ3v) is 6.56. The number of aromatic nitrogens is 2. The van der Waals surface area contributed by atoms with E-state index < -0.39 is 0 Å². The number of hydrogen-bond acceptors (Lipinski definition) is 4. The smallest absolute Gasteiger partial charge is 0.262 e. The van der Waals surface area contributed by atoms with Crippen molar-refractivity contribution >= 4 is 21.6 Å². The van der Waals surface area contributed by atoms with Crippen LogP contribution >= 0.6 is 11.3 Å². The van der Waals surface area contributed by atoms with Crippen LogP contribution in [0.3, 0.4) is 0 Å². The molecular weight excluding hydrogens is 428 g/mol. The van der Waals surface area contributed by atoms with Crippen LogP contribution in [0.5, 0.6) is 5.75 Å². The molecule has 5 aromatic rings. The minimum atomic E-state index is 0.0207. The van der Waals surface area contributed by atoms with Crippen LogP contribution in [0.25, 0.3) is 32.5 Å². The van der Waals surface area contributed by atoms with Crippen molar-refractivity contribution in [1.29, 1.82) is 0 Å². The fourth-order valence-electron chi connectivity index (χ4n) is 3.90. The summed E-state index contributed by atoms with van der Waals surface area (Å²) in [6, 6.07) is 28.5.